The number of rotatable bonds is 9. The first-order valence-electron chi connectivity index (χ1n) is 18.0. The van der Waals surface area contributed by atoms with Gasteiger partial charge in [-0.3, -0.25) is 24.1 Å². The third kappa shape index (κ3) is 7.20. The number of carbonyl (C=O) groups is 5. The number of primary amides is 1. The average Bonchev–Trinajstić information content (AvgIpc) is 3.06. The minimum Gasteiger partial charge on any atom is -0.508 e. The molecule has 0 heterocycles. The Bertz CT molecular complexity index is 1770. The van der Waals surface area contributed by atoms with Crippen molar-refractivity contribution in [3.05, 3.63) is 39.7 Å². The maximum atomic E-state index is 14.3. The first-order chi connectivity index (χ1) is 24.7. The number of nitrogens with two attached hydrogens (primary N) is 1. The van der Waals surface area contributed by atoms with Gasteiger partial charge in [0, 0.05) is 43.4 Å². The summed E-state index contributed by atoms with van der Waals surface area (Å²) in [6.45, 7) is 5.11. The van der Waals surface area contributed by atoms with E-state index in [9.17, 15) is 44.4 Å². The molecule has 4 aliphatic carbocycles. The molecule has 0 unspecified atom stereocenters. The minimum absolute atomic E-state index is 0.0440. The van der Waals surface area contributed by atoms with E-state index in [0.717, 1.165) is 32.1 Å². The molecule has 4 aliphatic rings. The molecule has 4 atom stereocenters. The molecule has 0 bridgehead atoms. The minimum atomic E-state index is -2.77. The zero-order chi connectivity index (χ0) is 39.3. The predicted octanol–water partition coefficient (Wildman–Crippen LogP) is 3.10. The maximum absolute atomic E-state index is 14.3. The van der Waals surface area contributed by atoms with Crippen LogP contribution in [0.4, 0.5) is 10.5 Å². The third-order valence-electron chi connectivity index (χ3n) is 10.9. The molecule has 53 heavy (non-hydrogen) atoms. The van der Waals surface area contributed by atoms with E-state index in [2.05, 4.69) is 0 Å². The molecular formula is C38H52N4O11. The van der Waals surface area contributed by atoms with Gasteiger partial charge in [0.15, 0.2) is 11.4 Å². The monoisotopic (exact) mass is 740 g/mol. The summed E-state index contributed by atoms with van der Waals surface area (Å²) in [4.78, 5) is 70.6. The van der Waals surface area contributed by atoms with Gasteiger partial charge in [-0.1, -0.05) is 40.0 Å². The number of likely N-dealkylation sites (N-methyl/N-ethyl adjacent to an activating group) is 1. The molecular weight excluding hydrogens is 688 g/mol. The summed E-state index contributed by atoms with van der Waals surface area (Å²) in [5, 5.41) is 46.8. The number of amides is 2. The van der Waals surface area contributed by atoms with E-state index in [-0.39, 0.29) is 48.5 Å². The van der Waals surface area contributed by atoms with E-state index in [4.69, 9.17) is 15.2 Å². The number of benzene rings is 1. The molecule has 1 aromatic carbocycles. The average molecular weight is 741 g/mol. The number of nitrogens with zero attached hydrogens (tertiary/aromatic N) is 3. The molecule has 0 aliphatic heterocycles. The number of aromatic hydroxyl groups is 1. The van der Waals surface area contributed by atoms with Crippen LogP contribution in [-0.4, -0.2) is 113 Å². The summed E-state index contributed by atoms with van der Waals surface area (Å²) < 4.78 is 10.7. The van der Waals surface area contributed by atoms with Gasteiger partial charge in [-0.25, -0.2) is 4.79 Å². The number of Topliss-reactive ketones (excluding diaryl/α,β-unsaturated/α-hetero) is 2. The summed E-state index contributed by atoms with van der Waals surface area (Å²) in [5.74, 6) is -8.06. The van der Waals surface area contributed by atoms with Crippen molar-refractivity contribution in [2.45, 2.75) is 83.9 Å². The van der Waals surface area contributed by atoms with E-state index in [1.165, 1.54) is 9.80 Å². The molecule has 290 valence electrons. The van der Waals surface area contributed by atoms with Crippen molar-refractivity contribution in [1.29, 1.82) is 0 Å². The lowest BCUT2D eigenvalue weighted by molar-refractivity contribution is -0.158. The highest BCUT2D eigenvalue weighted by Gasteiger charge is 2.64. The van der Waals surface area contributed by atoms with Crippen molar-refractivity contribution in [2.75, 3.05) is 46.4 Å². The number of ether oxygens (including phenoxy) is 2. The van der Waals surface area contributed by atoms with Crippen LogP contribution < -0.4 is 10.6 Å². The summed E-state index contributed by atoms with van der Waals surface area (Å²) in [5.41, 5.74) is 2.23. The zero-order valence-electron chi connectivity index (χ0n) is 31.5. The third-order valence-corrected chi connectivity index (χ3v) is 10.9. The molecule has 15 nitrogen and oxygen atoms in total. The van der Waals surface area contributed by atoms with Crippen LogP contribution in [0.2, 0.25) is 0 Å². The number of phenolic OH excluding ortho intramolecular Hbond substituents is 1. The van der Waals surface area contributed by atoms with E-state index < -0.39 is 88.1 Å². The van der Waals surface area contributed by atoms with Crippen molar-refractivity contribution < 1.29 is 53.9 Å². The van der Waals surface area contributed by atoms with Crippen LogP contribution in [0, 0.1) is 23.2 Å². The Labute approximate surface area is 309 Å². The molecule has 0 spiro atoms. The molecule has 2 fully saturated rings. The fourth-order valence-corrected chi connectivity index (χ4v) is 8.51. The lowest BCUT2D eigenvalue weighted by atomic mass is 9.57. The van der Waals surface area contributed by atoms with Crippen molar-refractivity contribution in [3.63, 3.8) is 0 Å². The van der Waals surface area contributed by atoms with Crippen LogP contribution in [0.25, 0.3) is 5.76 Å². The number of hydrogen-bond donors (Lipinski definition) is 5. The number of ketones is 2. The van der Waals surface area contributed by atoms with Crippen LogP contribution in [0.1, 0.15) is 76.0 Å². The molecule has 1 aromatic rings. The van der Waals surface area contributed by atoms with Crippen molar-refractivity contribution in [2.24, 2.45) is 28.9 Å². The highest BCUT2D eigenvalue weighted by Crippen LogP contribution is 2.54. The van der Waals surface area contributed by atoms with Gasteiger partial charge < -0.3 is 45.4 Å². The van der Waals surface area contributed by atoms with E-state index in [0.29, 0.717) is 11.3 Å². The lowest BCUT2D eigenvalue weighted by Crippen LogP contribution is -2.65. The smallest absolute Gasteiger partial charge is 0.412 e. The van der Waals surface area contributed by atoms with Crippen molar-refractivity contribution >= 4 is 41.0 Å². The van der Waals surface area contributed by atoms with Gasteiger partial charge in [0.05, 0.1) is 24.1 Å². The number of carbonyl (C=O) groups excluding carboxylic acids is 5. The van der Waals surface area contributed by atoms with Crippen LogP contribution in [0.15, 0.2) is 23.0 Å². The van der Waals surface area contributed by atoms with Gasteiger partial charge in [0.2, 0.25) is 12.6 Å². The van der Waals surface area contributed by atoms with Crippen LogP contribution in [0.3, 0.4) is 0 Å². The summed E-state index contributed by atoms with van der Waals surface area (Å²) >= 11 is 0. The second-order valence-corrected chi connectivity index (χ2v) is 16.4. The Morgan fingerprint density at radius 1 is 1.00 bits per heavy atom. The Balaban J connectivity index is 1.53. The van der Waals surface area contributed by atoms with Gasteiger partial charge >= 0.3 is 12.1 Å². The highest BCUT2D eigenvalue weighted by molar-refractivity contribution is 6.24. The molecule has 6 N–H and O–H groups in total. The highest BCUT2D eigenvalue weighted by atomic mass is 16.7. The molecule has 15 heteroatoms. The number of phenols is 1. The Morgan fingerprint density at radius 3 is 2.21 bits per heavy atom. The fourth-order valence-electron chi connectivity index (χ4n) is 8.51. The number of fused-ring (bicyclic) bond motifs is 3. The Morgan fingerprint density at radius 2 is 1.64 bits per heavy atom. The number of anilines is 1. The standard InChI is InChI=1S/C38H52N4O11/c1-37(2,3)17-42(36(50)53-18-52-35(49)19-11-9-8-10-12-19)16-21-15-24(40(4)5)22-13-20-14-23-28(41(6)7)31(45)27(34(39)48)33(47)38(23,51)32(46)25(20)30(44)26(22)29(21)43/h15,19-20,23,28,43-44,47,51H,8-14,16-18H2,1-7H3,(H2,39,48)/t20-,23-,28-,38-/m0/s1. The number of esters is 1. The quantitative estimate of drug-likeness (QED) is 0.140. The van der Waals surface area contributed by atoms with E-state index in [1.54, 1.807) is 39.2 Å². The van der Waals surface area contributed by atoms with Crippen molar-refractivity contribution in [1.82, 2.24) is 9.80 Å². The second kappa shape index (κ2) is 14.7. The normalized spacial score (nSPS) is 24.7. The number of aliphatic hydroxyl groups is 3. The molecule has 2 amide bonds. The Kier molecular flexibility index (Phi) is 10.9. The first-order valence-corrected chi connectivity index (χ1v) is 18.0. The lowest BCUT2D eigenvalue weighted by Gasteiger charge is -2.50. The fraction of sp³-hybridized carbons (Fsp3) is 0.605. The van der Waals surface area contributed by atoms with Crippen LogP contribution in [-0.2, 0) is 41.6 Å². The maximum Gasteiger partial charge on any atom is 0.412 e. The van der Waals surface area contributed by atoms with E-state index >= 15 is 0 Å². The number of hydrogen-bond acceptors (Lipinski definition) is 13. The SMILES string of the molecule is CN(C)c1cc(CN(CC(C)(C)C)C(=O)OCOC(=O)C2CCCCC2)c(O)c2c1C[C@H]1C[C@H]3[C@H](N(C)C)C(=O)C(C(N)=O)=C(O)[C@@]3(O)C(=O)C1=C2O. The van der Waals surface area contributed by atoms with Gasteiger partial charge in [-0.2, -0.15) is 0 Å². The van der Waals surface area contributed by atoms with Crippen LogP contribution >= 0.6 is 0 Å². The second-order valence-electron chi connectivity index (χ2n) is 16.4. The van der Waals surface area contributed by atoms with E-state index in [1.807, 2.05) is 20.8 Å². The topological polar surface area (TPSA) is 220 Å². The number of aliphatic hydroxyl groups excluding tert-OH is 2. The zero-order valence-corrected chi connectivity index (χ0v) is 31.5. The molecule has 0 aromatic heterocycles. The molecule has 5 rings (SSSR count). The van der Waals surface area contributed by atoms with Crippen LogP contribution in [0.5, 0.6) is 5.75 Å². The van der Waals surface area contributed by atoms with Gasteiger partial charge in [0.1, 0.15) is 22.8 Å². The molecule has 0 saturated heterocycles. The first kappa shape index (κ1) is 39.6. The van der Waals surface area contributed by atoms with Gasteiger partial charge in [-0.05, 0) is 62.7 Å². The van der Waals surface area contributed by atoms with Gasteiger partial charge in [-0.15, -0.1) is 0 Å². The summed E-state index contributed by atoms with van der Waals surface area (Å²) in [6.07, 6.45) is 3.67. The van der Waals surface area contributed by atoms with Crippen molar-refractivity contribution in [3.8, 4) is 5.75 Å². The largest absolute Gasteiger partial charge is 0.508 e. The molecule has 0 radical (unpaired) electrons. The Hall–Kier alpha value is -4.63. The predicted molar refractivity (Wildman–Crippen MR) is 192 cm³/mol. The molecule has 2 saturated carbocycles. The summed E-state index contributed by atoms with van der Waals surface area (Å²) in [6, 6.07) is 0.487. The van der Waals surface area contributed by atoms with Gasteiger partial charge in [0.25, 0.3) is 5.91 Å². The summed E-state index contributed by atoms with van der Waals surface area (Å²) in [7, 11) is 6.60.